The second-order valence-corrected chi connectivity index (χ2v) is 8.87. The van der Waals surface area contributed by atoms with E-state index in [1.807, 2.05) is 4.72 Å². The molecule has 0 amide bonds. The lowest BCUT2D eigenvalue weighted by Crippen LogP contribution is -2.20. The van der Waals surface area contributed by atoms with Gasteiger partial charge in [-0.15, -0.1) is 0 Å². The van der Waals surface area contributed by atoms with Crippen molar-refractivity contribution in [3.8, 4) is 0 Å². The minimum absolute atomic E-state index is 0.274. The summed E-state index contributed by atoms with van der Waals surface area (Å²) in [6.45, 7) is 0. The van der Waals surface area contributed by atoms with Crippen molar-refractivity contribution < 1.29 is 30.8 Å². The molecule has 0 radical (unpaired) electrons. The number of methoxy groups -OCH3 is 1. The van der Waals surface area contributed by atoms with Crippen LogP contribution < -0.4 is 4.72 Å². The van der Waals surface area contributed by atoms with Crippen LogP contribution in [0.15, 0.2) is 64.3 Å². The molecule has 1 N–H and O–H groups in total. The number of hydrogen-bond acceptors (Lipinski definition) is 10. The van der Waals surface area contributed by atoms with E-state index in [1.165, 1.54) is 18.5 Å². The van der Waals surface area contributed by atoms with Gasteiger partial charge in [0.05, 0.1) is 18.4 Å². The maximum atomic E-state index is 13.6. The third kappa shape index (κ3) is 4.23. The Hall–Kier alpha value is -3.52. The number of aromatic nitrogens is 4. The number of nitrogens with zero attached hydrogens (tertiary/aromatic N) is 4. The summed E-state index contributed by atoms with van der Waals surface area (Å²) in [5.74, 6) is -1.76. The number of halogens is 1. The molecule has 1 aromatic carbocycles. The predicted molar refractivity (Wildman–Crippen MR) is 98.1 cm³/mol. The highest BCUT2D eigenvalue weighted by Gasteiger charge is 2.27. The normalized spacial score (nSPS) is 11.7. The third-order valence-corrected chi connectivity index (χ3v) is 6.17. The number of anilines is 1. The first-order chi connectivity index (χ1) is 14.1. The Balaban J connectivity index is 2.03. The maximum Gasteiger partial charge on any atom is 0.339 e. The number of nitrogens with one attached hydrogen (secondary N) is 1. The van der Waals surface area contributed by atoms with Gasteiger partial charge in [-0.3, -0.25) is 4.72 Å². The third-order valence-electron chi connectivity index (χ3n) is 3.54. The summed E-state index contributed by atoms with van der Waals surface area (Å²) in [5.41, 5.74) is -0.714. The van der Waals surface area contributed by atoms with Crippen molar-refractivity contribution in [3.63, 3.8) is 0 Å². The minimum Gasteiger partial charge on any atom is -0.465 e. The Labute approximate surface area is 170 Å². The van der Waals surface area contributed by atoms with Crippen LogP contribution in [0.1, 0.15) is 10.4 Å². The zero-order valence-electron chi connectivity index (χ0n) is 15.1. The number of hydrogen-bond donors (Lipinski definition) is 1. The topological polar surface area (TPSA) is 158 Å². The lowest BCUT2D eigenvalue weighted by atomic mass is 10.2. The number of benzene rings is 1. The first kappa shape index (κ1) is 21.2. The molecule has 0 bridgehead atoms. The number of esters is 1. The molecule has 0 spiro atoms. The molecule has 14 heteroatoms. The van der Waals surface area contributed by atoms with Gasteiger partial charge in [0, 0.05) is 18.6 Å². The highest BCUT2D eigenvalue weighted by molar-refractivity contribution is 7.92. The molecule has 0 aliphatic carbocycles. The summed E-state index contributed by atoms with van der Waals surface area (Å²) < 4.78 is 70.5. The average molecular weight is 453 g/mol. The van der Waals surface area contributed by atoms with Gasteiger partial charge in [0.25, 0.3) is 30.2 Å². The van der Waals surface area contributed by atoms with E-state index in [4.69, 9.17) is 0 Å². The quantitative estimate of drug-likeness (QED) is 0.322. The Kier molecular flexibility index (Phi) is 5.71. The first-order valence-corrected chi connectivity index (χ1v) is 10.9. The molecule has 30 heavy (non-hydrogen) atoms. The Morgan fingerprint density at radius 3 is 2.33 bits per heavy atom. The summed E-state index contributed by atoms with van der Waals surface area (Å²) in [7, 11) is -7.88. The van der Waals surface area contributed by atoms with Gasteiger partial charge in [-0.2, -0.15) is 8.42 Å². The van der Waals surface area contributed by atoms with Crippen LogP contribution in [-0.2, 0) is 24.6 Å². The van der Waals surface area contributed by atoms with Crippen molar-refractivity contribution in [1.82, 2.24) is 19.9 Å². The molecule has 156 valence electrons. The van der Waals surface area contributed by atoms with E-state index in [2.05, 4.69) is 24.7 Å². The van der Waals surface area contributed by atoms with E-state index < -0.39 is 52.7 Å². The number of rotatable bonds is 6. The molecule has 0 aliphatic rings. The highest BCUT2D eigenvalue weighted by Crippen LogP contribution is 2.22. The number of carbonyl (C=O) groups is 1. The molecule has 0 saturated heterocycles. The van der Waals surface area contributed by atoms with Crippen LogP contribution in [0.4, 0.5) is 10.1 Å². The summed E-state index contributed by atoms with van der Waals surface area (Å²) in [6, 6.07) is 5.08. The van der Waals surface area contributed by atoms with Crippen LogP contribution in [-0.4, -0.2) is 49.9 Å². The van der Waals surface area contributed by atoms with Crippen molar-refractivity contribution in [2.75, 3.05) is 11.8 Å². The van der Waals surface area contributed by atoms with Gasteiger partial charge in [0.2, 0.25) is 0 Å². The van der Waals surface area contributed by atoms with Gasteiger partial charge in [-0.05, 0) is 30.3 Å². The van der Waals surface area contributed by atoms with E-state index in [0.29, 0.717) is 0 Å². The zero-order valence-corrected chi connectivity index (χ0v) is 16.7. The lowest BCUT2D eigenvalue weighted by Gasteiger charge is -2.11. The summed E-state index contributed by atoms with van der Waals surface area (Å²) >= 11 is 0. The molecule has 0 saturated carbocycles. The van der Waals surface area contributed by atoms with Crippen LogP contribution >= 0.6 is 0 Å². The van der Waals surface area contributed by atoms with Crippen LogP contribution in [0.2, 0.25) is 0 Å². The summed E-state index contributed by atoms with van der Waals surface area (Å²) in [4.78, 5) is 26.2. The summed E-state index contributed by atoms with van der Waals surface area (Å²) in [5, 5.41) is -2.19. The van der Waals surface area contributed by atoms with Crippen LogP contribution in [0.5, 0.6) is 0 Å². The number of carbonyl (C=O) groups excluding carboxylic acids is 1. The smallest absolute Gasteiger partial charge is 0.339 e. The second-order valence-electron chi connectivity index (χ2n) is 5.50. The van der Waals surface area contributed by atoms with Crippen LogP contribution in [0.25, 0.3) is 0 Å². The van der Waals surface area contributed by atoms with Crippen molar-refractivity contribution in [2.24, 2.45) is 0 Å². The van der Waals surface area contributed by atoms with Gasteiger partial charge in [-0.25, -0.2) is 37.5 Å². The van der Waals surface area contributed by atoms with Gasteiger partial charge >= 0.3 is 5.97 Å². The number of ether oxygens (including phenoxy) is 1. The van der Waals surface area contributed by atoms with Crippen LogP contribution in [0, 0.1) is 5.82 Å². The predicted octanol–water partition coefficient (Wildman–Crippen LogP) is 0.826. The molecule has 0 aliphatic heterocycles. The standard InChI is InChI=1S/C16H12FN5O6S2/c1-28-14(23)11-4-3-10(17)9-12(11)22-30(26,27)16-20-8-5-13(21-16)29(24,25)15-18-6-2-7-19-15/h2-9,22H,1H3. The maximum absolute atomic E-state index is 13.6. The molecule has 11 nitrogen and oxygen atoms in total. The Morgan fingerprint density at radius 2 is 1.67 bits per heavy atom. The van der Waals surface area contributed by atoms with E-state index in [1.54, 1.807) is 0 Å². The molecular weight excluding hydrogens is 441 g/mol. The highest BCUT2D eigenvalue weighted by atomic mass is 32.2. The fourth-order valence-corrected chi connectivity index (χ4v) is 4.26. The van der Waals surface area contributed by atoms with Gasteiger partial charge in [-0.1, -0.05) is 0 Å². The van der Waals surface area contributed by atoms with Crippen molar-refractivity contribution in [2.45, 2.75) is 15.3 Å². The first-order valence-electron chi connectivity index (χ1n) is 7.91. The Bertz CT molecular complexity index is 1320. The van der Waals surface area contributed by atoms with Gasteiger partial charge < -0.3 is 4.74 Å². The SMILES string of the molecule is COC(=O)c1ccc(F)cc1NS(=O)(=O)c1nccc(S(=O)(=O)c2ncccn2)n1. The molecular formula is C16H12FN5O6S2. The molecule has 3 rings (SSSR count). The molecule has 0 atom stereocenters. The number of sulfone groups is 1. The molecule has 3 aromatic rings. The van der Waals surface area contributed by atoms with Gasteiger partial charge in [0.15, 0.2) is 5.03 Å². The van der Waals surface area contributed by atoms with E-state index >= 15 is 0 Å². The van der Waals surface area contributed by atoms with E-state index in [9.17, 15) is 26.0 Å². The Morgan fingerprint density at radius 1 is 1.00 bits per heavy atom. The largest absolute Gasteiger partial charge is 0.465 e. The molecule has 0 unspecified atom stereocenters. The molecule has 2 heterocycles. The molecule has 0 fully saturated rings. The van der Waals surface area contributed by atoms with E-state index in [-0.39, 0.29) is 5.56 Å². The monoisotopic (exact) mass is 453 g/mol. The van der Waals surface area contributed by atoms with E-state index in [0.717, 1.165) is 37.6 Å². The lowest BCUT2D eigenvalue weighted by molar-refractivity contribution is 0.0602. The zero-order chi connectivity index (χ0) is 21.9. The van der Waals surface area contributed by atoms with Crippen molar-refractivity contribution in [1.29, 1.82) is 0 Å². The average Bonchev–Trinajstić information content (AvgIpc) is 2.74. The molecule has 2 aromatic heterocycles. The summed E-state index contributed by atoms with van der Waals surface area (Å²) in [6.07, 6.45) is 3.29. The minimum atomic E-state index is -4.61. The van der Waals surface area contributed by atoms with Crippen molar-refractivity contribution in [3.05, 3.63) is 60.3 Å². The van der Waals surface area contributed by atoms with Gasteiger partial charge in [0.1, 0.15) is 5.82 Å². The fourth-order valence-electron chi connectivity index (χ4n) is 2.20. The fraction of sp³-hybridized carbons (Fsp3) is 0.0625. The van der Waals surface area contributed by atoms with Crippen LogP contribution in [0.3, 0.4) is 0 Å². The number of sulfonamides is 1. The van der Waals surface area contributed by atoms with Crippen molar-refractivity contribution >= 4 is 31.5 Å². The second kappa shape index (κ2) is 8.08.